The van der Waals surface area contributed by atoms with Crippen molar-refractivity contribution >= 4 is 23.9 Å². The molecule has 192 valence electrons. The van der Waals surface area contributed by atoms with E-state index in [1.807, 2.05) is 6.92 Å². The van der Waals surface area contributed by atoms with Gasteiger partial charge >= 0.3 is 23.9 Å². The molecule has 9 heteroatoms. The number of rotatable bonds is 1. The summed E-state index contributed by atoms with van der Waals surface area (Å²) in [7, 11) is 0. The smallest absolute Gasteiger partial charge is 0.345 e. The first-order valence-electron chi connectivity index (χ1n) is 12.2. The number of carbonyl (C=O) groups excluding carboxylic acids is 4. The third-order valence-electron chi connectivity index (χ3n) is 10.4. The van der Waals surface area contributed by atoms with Gasteiger partial charge in [0, 0.05) is 18.4 Å². The van der Waals surface area contributed by atoms with Crippen molar-refractivity contribution in [1.82, 2.24) is 0 Å². The van der Waals surface area contributed by atoms with Crippen LogP contribution in [-0.4, -0.2) is 58.5 Å². The van der Waals surface area contributed by atoms with Gasteiger partial charge < -0.3 is 23.7 Å². The minimum Gasteiger partial charge on any atom is -0.458 e. The van der Waals surface area contributed by atoms with E-state index in [1.165, 1.54) is 13.0 Å². The third-order valence-corrected chi connectivity index (χ3v) is 10.4. The summed E-state index contributed by atoms with van der Waals surface area (Å²) in [6, 6.07) is 0. The van der Waals surface area contributed by atoms with Gasteiger partial charge in [-0.25, -0.2) is 9.59 Å². The number of cyclic esters (lactones) is 2. The Kier molecular flexibility index (Phi) is 3.88. The highest BCUT2D eigenvalue weighted by Crippen LogP contribution is 2.84. The van der Waals surface area contributed by atoms with E-state index in [1.54, 1.807) is 33.8 Å². The van der Waals surface area contributed by atoms with Gasteiger partial charge in [-0.05, 0) is 51.7 Å². The van der Waals surface area contributed by atoms with Gasteiger partial charge in [0.05, 0.1) is 5.41 Å². The predicted octanol–water partition coefficient (Wildman–Crippen LogP) is 2.48. The average molecular weight is 499 g/mol. The Labute approximate surface area is 208 Å². The lowest BCUT2D eigenvalue weighted by Gasteiger charge is -2.67. The molecule has 3 bridgehead atoms. The van der Waals surface area contributed by atoms with Crippen LogP contribution in [0.2, 0.25) is 0 Å². The van der Waals surface area contributed by atoms with Crippen LogP contribution in [0.15, 0.2) is 36.5 Å². The lowest BCUT2D eigenvalue weighted by atomic mass is 9.35. The zero-order valence-electron chi connectivity index (χ0n) is 21.3. The van der Waals surface area contributed by atoms with E-state index in [0.29, 0.717) is 24.0 Å². The minimum absolute atomic E-state index is 0.291. The molecule has 3 saturated heterocycles. The number of hydrogen-bond acceptors (Lipinski definition) is 9. The zero-order chi connectivity index (χ0) is 26.5. The number of hydrogen-bond donors (Lipinski definition) is 0. The van der Waals surface area contributed by atoms with Crippen LogP contribution in [0.1, 0.15) is 54.4 Å². The molecule has 0 radical (unpaired) electrons. The van der Waals surface area contributed by atoms with E-state index in [9.17, 15) is 19.2 Å². The van der Waals surface area contributed by atoms with Crippen molar-refractivity contribution in [3.63, 3.8) is 0 Å². The molecule has 0 unspecified atom stereocenters. The molecule has 0 aromatic rings. The lowest BCUT2D eigenvalue weighted by molar-refractivity contribution is -0.239. The topological polar surface area (TPSA) is 114 Å². The van der Waals surface area contributed by atoms with Crippen LogP contribution in [0.5, 0.6) is 0 Å². The highest BCUT2D eigenvalue weighted by atomic mass is 16.7. The summed E-state index contributed by atoms with van der Waals surface area (Å²) in [6.45, 7) is 18.7. The van der Waals surface area contributed by atoms with Crippen molar-refractivity contribution in [2.75, 3.05) is 0 Å². The molecule has 0 amide bonds. The fraction of sp³-hybridized carbons (Fsp3) is 0.630. The Balaban J connectivity index is 1.74. The van der Waals surface area contributed by atoms with Gasteiger partial charge in [-0.3, -0.25) is 9.59 Å². The van der Waals surface area contributed by atoms with Crippen molar-refractivity contribution in [2.45, 2.75) is 89.0 Å². The molecule has 2 saturated carbocycles. The molecule has 0 aromatic carbocycles. The standard InChI is InChI=1S/C27H30O9/c1-13-23(8)18(33-16(4)28)26-14(2)24(10-9-17(29)34-21(24,5)6)12-11-22(26,7)25(13)19(30)32-15(3)27(25,36-26)20(31)35-23/h9-10,15,18H,1-2,11-12H2,3-8H3/t15-,18-,22-,23-,24+,25-,26+,27-/m1/s1. The molecular formula is C27H30O9. The summed E-state index contributed by atoms with van der Waals surface area (Å²) in [5.41, 5.74) is -9.02. The summed E-state index contributed by atoms with van der Waals surface area (Å²) in [5.74, 6) is -2.47. The normalized spacial score (nSPS) is 51.4. The first-order chi connectivity index (χ1) is 16.5. The largest absolute Gasteiger partial charge is 0.458 e. The summed E-state index contributed by atoms with van der Waals surface area (Å²) >= 11 is 0. The van der Waals surface area contributed by atoms with Crippen molar-refractivity contribution in [3.8, 4) is 0 Å². The molecular weight excluding hydrogens is 468 g/mol. The molecule has 4 aliphatic heterocycles. The predicted molar refractivity (Wildman–Crippen MR) is 122 cm³/mol. The lowest BCUT2D eigenvalue weighted by Crippen LogP contribution is -2.79. The van der Waals surface area contributed by atoms with E-state index in [-0.39, 0.29) is 0 Å². The molecule has 9 nitrogen and oxygen atoms in total. The van der Waals surface area contributed by atoms with Gasteiger partial charge in [0.2, 0.25) is 5.60 Å². The van der Waals surface area contributed by atoms with Gasteiger partial charge in [0.25, 0.3) is 0 Å². The van der Waals surface area contributed by atoms with Crippen LogP contribution in [0, 0.1) is 16.2 Å². The number of ether oxygens (including phenoxy) is 5. The highest BCUT2D eigenvalue weighted by molar-refractivity contribution is 6.02. The summed E-state index contributed by atoms with van der Waals surface area (Å²) in [5, 5.41) is 0. The maximum absolute atomic E-state index is 13.9. The highest BCUT2D eigenvalue weighted by Gasteiger charge is 2.99. The summed E-state index contributed by atoms with van der Waals surface area (Å²) < 4.78 is 30.4. The van der Waals surface area contributed by atoms with Gasteiger partial charge in [0.1, 0.15) is 22.7 Å². The first kappa shape index (κ1) is 23.5. The van der Waals surface area contributed by atoms with E-state index >= 15 is 0 Å². The molecule has 36 heavy (non-hydrogen) atoms. The molecule has 6 aliphatic rings. The Morgan fingerprint density at radius 2 is 1.67 bits per heavy atom. The van der Waals surface area contributed by atoms with Crippen molar-refractivity contribution in [2.24, 2.45) is 16.2 Å². The number of carbonyl (C=O) groups is 4. The summed E-state index contributed by atoms with van der Waals surface area (Å²) in [4.78, 5) is 52.6. The Morgan fingerprint density at radius 3 is 2.28 bits per heavy atom. The Hall–Kier alpha value is -2.94. The molecule has 8 atom stereocenters. The first-order valence-corrected chi connectivity index (χ1v) is 12.2. The SMILES string of the molecule is C=C1[C@]23C(=O)O[C@H](C)[C@]24O[C@@]2(C(=C)[C@]5(C=CC(=O)OC5(C)C)CC[C@]32C)[C@H](OC(C)=O)[C@]1(C)OC4=O. The van der Waals surface area contributed by atoms with E-state index in [2.05, 4.69) is 13.2 Å². The monoisotopic (exact) mass is 498 g/mol. The molecule has 5 fully saturated rings. The van der Waals surface area contributed by atoms with Crippen LogP contribution in [0.4, 0.5) is 0 Å². The number of esters is 4. The second-order valence-electron chi connectivity index (χ2n) is 11.9. The quantitative estimate of drug-likeness (QED) is 0.305. The van der Waals surface area contributed by atoms with Crippen molar-refractivity contribution in [3.05, 3.63) is 36.5 Å². The van der Waals surface area contributed by atoms with Crippen molar-refractivity contribution in [1.29, 1.82) is 0 Å². The second kappa shape index (κ2) is 5.96. The molecule has 6 rings (SSSR count). The second-order valence-corrected chi connectivity index (χ2v) is 11.9. The number of fused-ring (bicyclic) bond motifs is 1. The van der Waals surface area contributed by atoms with Gasteiger partial charge in [-0.15, -0.1) is 0 Å². The van der Waals surface area contributed by atoms with Crippen LogP contribution in [-0.2, 0) is 42.9 Å². The fourth-order valence-electron chi connectivity index (χ4n) is 8.77. The maximum atomic E-state index is 13.9. The van der Waals surface area contributed by atoms with Crippen LogP contribution in [0.3, 0.4) is 0 Å². The van der Waals surface area contributed by atoms with E-state index in [4.69, 9.17) is 23.7 Å². The third kappa shape index (κ3) is 1.82. The molecule has 0 N–H and O–H groups in total. The van der Waals surface area contributed by atoms with Crippen LogP contribution >= 0.6 is 0 Å². The van der Waals surface area contributed by atoms with Crippen LogP contribution in [0.25, 0.3) is 0 Å². The van der Waals surface area contributed by atoms with Crippen molar-refractivity contribution < 1.29 is 42.9 Å². The van der Waals surface area contributed by atoms with Gasteiger partial charge in [-0.2, -0.15) is 0 Å². The van der Waals surface area contributed by atoms with Gasteiger partial charge in [0.15, 0.2) is 11.7 Å². The van der Waals surface area contributed by atoms with E-state index < -0.39 is 74.7 Å². The summed E-state index contributed by atoms with van der Waals surface area (Å²) in [6.07, 6.45) is 1.69. The van der Waals surface area contributed by atoms with E-state index in [0.717, 1.165) is 0 Å². The van der Waals surface area contributed by atoms with Crippen LogP contribution < -0.4 is 0 Å². The maximum Gasteiger partial charge on any atom is 0.345 e. The Morgan fingerprint density at radius 1 is 1.00 bits per heavy atom. The minimum atomic E-state index is -1.85. The average Bonchev–Trinajstić information content (AvgIpc) is 3.07. The molecule has 4 heterocycles. The fourth-order valence-corrected chi connectivity index (χ4v) is 8.77. The van der Waals surface area contributed by atoms with Gasteiger partial charge in [-0.1, -0.05) is 26.2 Å². The molecule has 2 aliphatic carbocycles. The zero-order valence-corrected chi connectivity index (χ0v) is 21.3. The molecule has 2 spiro atoms. The molecule has 0 aromatic heterocycles. The Bertz CT molecular complexity index is 1260.